The van der Waals surface area contributed by atoms with Crippen molar-refractivity contribution in [3.05, 3.63) is 88.2 Å². The van der Waals surface area contributed by atoms with E-state index in [-0.39, 0.29) is 29.4 Å². The number of carbonyl (C=O) groups excluding carboxylic acids is 1. The lowest BCUT2D eigenvalue weighted by Gasteiger charge is -2.41. The van der Waals surface area contributed by atoms with Crippen molar-refractivity contribution in [2.24, 2.45) is 5.92 Å². The van der Waals surface area contributed by atoms with Crippen molar-refractivity contribution in [3.63, 3.8) is 0 Å². The molecule has 2 aliphatic heterocycles. The van der Waals surface area contributed by atoms with Crippen molar-refractivity contribution >= 4 is 57.5 Å². The summed E-state index contributed by atoms with van der Waals surface area (Å²) in [6.07, 6.45) is 4.10. The third kappa shape index (κ3) is 4.97. The van der Waals surface area contributed by atoms with Crippen molar-refractivity contribution in [2.45, 2.75) is 59.2 Å². The maximum absolute atomic E-state index is 12.4. The average Bonchev–Trinajstić information content (AvgIpc) is 3.25. The fourth-order valence-electron chi connectivity index (χ4n) is 5.58. The number of halogens is 1. The second kappa shape index (κ2) is 10.5. The molecule has 8 heteroatoms. The van der Waals surface area contributed by atoms with Crippen LogP contribution in [0.1, 0.15) is 69.1 Å². The third-order valence-corrected chi connectivity index (χ3v) is 8.66. The molecule has 0 saturated carbocycles. The molecule has 40 heavy (non-hydrogen) atoms. The van der Waals surface area contributed by atoms with Gasteiger partial charge in [0.2, 0.25) is 5.91 Å². The van der Waals surface area contributed by atoms with Gasteiger partial charge in [0.05, 0.1) is 23.3 Å². The Bertz CT molecular complexity index is 1520. The zero-order valence-electron chi connectivity index (χ0n) is 24.0. The molecule has 0 bridgehead atoms. The summed E-state index contributed by atoms with van der Waals surface area (Å²) in [6.45, 7) is 12.3. The molecular weight excluding hydrogens is 538 g/mol. The lowest BCUT2D eigenvalue weighted by Crippen LogP contribution is -2.42. The summed E-state index contributed by atoms with van der Waals surface area (Å²) in [5.41, 5.74) is 7.87. The lowest BCUT2D eigenvalue weighted by atomic mass is 9.86. The fraction of sp³-hybridized carbons (Fsp3) is 0.344. The van der Waals surface area contributed by atoms with Crippen LogP contribution in [0.15, 0.2) is 60.8 Å². The molecule has 2 aliphatic rings. The second-order valence-electron chi connectivity index (χ2n) is 11.6. The Morgan fingerprint density at radius 2 is 1.90 bits per heavy atom. The van der Waals surface area contributed by atoms with Gasteiger partial charge in [0.25, 0.3) is 0 Å². The second-order valence-corrected chi connectivity index (χ2v) is 12.4. The number of amides is 1. The smallest absolute Gasteiger partial charge is 0.226 e. The van der Waals surface area contributed by atoms with Crippen molar-refractivity contribution in [1.82, 2.24) is 10.3 Å². The van der Waals surface area contributed by atoms with E-state index >= 15 is 0 Å². The number of carbonyl (C=O) groups is 1. The summed E-state index contributed by atoms with van der Waals surface area (Å²) >= 11 is 13.1. The maximum Gasteiger partial charge on any atom is 0.226 e. The number of aromatic nitrogens is 1. The number of allylic oxidation sites excluding steroid dienone is 1. The minimum Gasteiger partial charge on any atom is -0.365 e. The Balaban J connectivity index is 1.64. The van der Waals surface area contributed by atoms with Crippen molar-refractivity contribution in [3.8, 4) is 0 Å². The first-order valence-corrected chi connectivity index (χ1v) is 14.4. The van der Waals surface area contributed by atoms with Gasteiger partial charge < -0.3 is 20.4 Å². The number of thiocarbonyl (C=S) groups is 1. The van der Waals surface area contributed by atoms with Crippen molar-refractivity contribution < 1.29 is 4.79 Å². The number of nitrogens with zero attached hydrogens (tertiary/aromatic N) is 3. The Labute approximate surface area is 247 Å². The molecule has 0 spiro atoms. The number of nitrogens with one attached hydrogen (secondary N) is 2. The van der Waals surface area contributed by atoms with Gasteiger partial charge in [0.15, 0.2) is 5.11 Å². The Kier molecular flexibility index (Phi) is 7.40. The molecule has 1 saturated heterocycles. The number of likely N-dealkylation sites (N-methyl/N-ethyl adjacent to an activating group) is 1. The van der Waals surface area contributed by atoms with Gasteiger partial charge in [0.1, 0.15) is 0 Å². The zero-order chi connectivity index (χ0) is 28.9. The van der Waals surface area contributed by atoms with Gasteiger partial charge in [-0.05, 0) is 99.1 Å². The summed E-state index contributed by atoms with van der Waals surface area (Å²) < 4.78 is 0. The molecule has 0 aliphatic carbocycles. The Hall–Kier alpha value is -3.42. The number of hydrogen-bond acceptors (Lipinski definition) is 4. The van der Waals surface area contributed by atoms with E-state index in [4.69, 9.17) is 23.8 Å². The number of aryl methyl sites for hydroxylation is 1. The standard InChI is InChI=1S/C32H36ClN5OS/c1-18(2)30(39)35-25-12-11-21(14-19(25)3)38-29(28(36-31(38)40)26-10-8-9-13-34-26)23-15-22-20(4)17-32(5,6)37(7)27(22)16-24(23)33/h8-18,28-29H,1-7H3,(H,35,39)(H,36,40)/t28-,29-/m0/s1. The van der Waals surface area contributed by atoms with Crippen LogP contribution in [-0.2, 0) is 4.79 Å². The molecule has 1 amide bonds. The van der Waals surface area contributed by atoms with E-state index in [9.17, 15) is 4.79 Å². The number of benzene rings is 2. The first-order chi connectivity index (χ1) is 18.9. The van der Waals surface area contributed by atoms with Gasteiger partial charge in [-0.1, -0.05) is 37.6 Å². The van der Waals surface area contributed by atoms with Crippen LogP contribution in [0, 0.1) is 12.8 Å². The van der Waals surface area contributed by atoms with Gasteiger partial charge in [-0.25, -0.2) is 0 Å². The first kappa shape index (κ1) is 28.1. The van der Waals surface area contributed by atoms with E-state index in [2.05, 4.69) is 77.5 Å². The summed E-state index contributed by atoms with van der Waals surface area (Å²) in [7, 11) is 2.11. The van der Waals surface area contributed by atoms with Crippen LogP contribution in [0.5, 0.6) is 0 Å². The number of fused-ring (bicyclic) bond motifs is 1. The van der Waals surface area contributed by atoms with Crippen LogP contribution in [-0.4, -0.2) is 28.6 Å². The average molecular weight is 574 g/mol. The molecule has 2 N–H and O–H groups in total. The summed E-state index contributed by atoms with van der Waals surface area (Å²) in [6, 6.07) is 15.7. The Morgan fingerprint density at radius 1 is 1.15 bits per heavy atom. The highest BCUT2D eigenvalue weighted by Gasteiger charge is 2.42. The maximum atomic E-state index is 12.4. The van der Waals surface area contributed by atoms with Gasteiger partial charge in [-0.15, -0.1) is 0 Å². The molecule has 2 atom stereocenters. The first-order valence-electron chi connectivity index (χ1n) is 13.6. The number of anilines is 3. The molecule has 1 fully saturated rings. The van der Waals surface area contributed by atoms with Gasteiger partial charge >= 0.3 is 0 Å². The normalized spacial score (nSPS) is 19.8. The highest BCUT2D eigenvalue weighted by molar-refractivity contribution is 7.80. The van der Waals surface area contributed by atoms with Crippen LogP contribution >= 0.6 is 23.8 Å². The number of pyridine rings is 1. The van der Waals surface area contributed by atoms with Crippen LogP contribution in [0.3, 0.4) is 0 Å². The SMILES string of the molecule is CC1=CC(C)(C)N(C)c2cc(Cl)c([C@H]3[C@H](c4ccccn4)NC(=S)N3c3ccc(NC(=O)C(C)C)c(C)c3)cc21. The predicted molar refractivity (Wildman–Crippen MR) is 170 cm³/mol. The van der Waals surface area contributed by atoms with E-state index in [1.54, 1.807) is 6.20 Å². The molecule has 208 valence electrons. The largest absolute Gasteiger partial charge is 0.365 e. The quantitative estimate of drug-likeness (QED) is 0.309. The molecule has 0 unspecified atom stereocenters. The molecule has 6 nitrogen and oxygen atoms in total. The Morgan fingerprint density at radius 3 is 2.55 bits per heavy atom. The summed E-state index contributed by atoms with van der Waals surface area (Å²) in [5, 5.41) is 7.83. The van der Waals surface area contributed by atoms with Gasteiger partial charge in [0, 0.05) is 46.8 Å². The van der Waals surface area contributed by atoms with Gasteiger partial charge in [-0.2, -0.15) is 0 Å². The summed E-state index contributed by atoms with van der Waals surface area (Å²) in [4.78, 5) is 21.4. The molecule has 2 aromatic carbocycles. The lowest BCUT2D eigenvalue weighted by molar-refractivity contribution is -0.118. The zero-order valence-corrected chi connectivity index (χ0v) is 25.6. The van der Waals surface area contributed by atoms with E-state index in [1.807, 2.05) is 51.1 Å². The molecule has 0 radical (unpaired) electrons. The van der Waals surface area contributed by atoms with Crippen molar-refractivity contribution in [2.75, 3.05) is 22.2 Å². The highest BCUT2D eigenvalue weighted by Crippen LogP contribution is 2.48. The number of hydrogen-bond donors (Lipinski definition) is 2. The molecule has 3 heterocycles. The molecule has 5 rings (SSSR count). The predicted octanol–water partition coefficient (Wildman–Crippen LogP) is 7.45. The van der Waals surface area contributed by atoms with E-state index < -0.39 is 0 Å². The topological polar surface area (TPSA) is 60.5 Å². The van der Waals surface area contributed by atoms with E-state index in [0.717, 1.165) is 39.4 Å². The van der Waals surface area contributed by atoms with Crippen LogP contribution in [0.25, 0.3) is 5.57 Å². The van der Waals surface area contributed by atoms with Crippen LogP contribution in [0.2, 0.25) is 5.02 Å². The van der Waals surface area contributed by atoms with E-state index in [1.165, 1.54) is 5.57 Å². The minimum absolute atomic E-state index is 0.0142. The monoisotopic (exact) mass is 573 g/mol. The molecule has 3 aromatic rings. The van der Waals surface area contributed by atoms with Crippen LogP contribution in [0.4, 0.5) is 17.1 Å². The fourth-order valence-corrected chi connectivity index (χ4v) is 6.19. The summed E-state index contributed by atoms with van der Waals surface area (Å²) in [5.74, 6) is -0.120. The minimum atomic E-state index is -0.247. The van der Waals surface area contributed by atoms with Crippen LogP contribution < -0.4 is 20.4 Å². The third-order valence-electron chi connectivity index (χ3n) is 8.02. The molecular formula is C32H36ClN5OS. The van der Waals surface area contributed by atoms with Gasteiger partial charge in [-0.3, -0.25) is 9.78 Å². The van der Waals surface area contributed by atoms with E-state index in [0.29, 0.717) is 10.1 Å². The number of rotatable bonds is 5. The van der Waals surface area contributed by atoms with Crippen molar-refractivity contribution in [1.29, 1.82) is 0 Å². The highest BCUT2D eigenvalue weighted by atomic mass is 35.5. The molecule has 1 aromatic heterocycles.